The van der Waals surface area contributed by atoms with Crippen molar-refractivity contribution in [3.05, 3.63) is 11.3 Å². The highest BCUT2D eigenvalue weighted by Gasteiger charge is 2.70. The lowest BCUT2D eigenvalue weighted by Gasteiger charge is -2.57. The lowest BCUT2D eigenvalue weighted by atomic mass is 9.49. The number of carbonyl (C=O) groups excluding carboxylic acids is 4. The molecule has 6 rings (SSSR count). The van der Waals surface area contributed by atoms with E-state index in [1.165, 1.54) is 43.4 Å². The van der Waals surface area contributed by atoms with Crippen LogP contribution in [0.15, 0.2) is 11.3 Å². The Labute approximate surface area is 237 Å². The highest BCUT2D eigenvalue weighted by Crippen LogP contribution is 2.61. The van der Waals surface area contributed by atoms with E-state index in [0.717, 1.165) is 24.2 Å². The van der Waals surface area contributed by atoms with Gasteiger partial charge in [-0.25, -0.2) is 4.79 Å². The summed E-state index contributed by atoms with van der Waals surface area (Å²) in [6.45, 7) is 9.22. The van der Waals surface area contributed by atoms with Crippen LogP contribution in [0, 0.1) is 28.6 Å². The van der Waals surface area contributed by atoms with Crippen molar-refractivity contribution in [1.29, 1.82) is 0 Å². The lowest BCUT2D eigenvalue weighted by molar-refractivity contribution is -0.161. The molecule has 2 aliphatic heterocycles. The largest absolute Gasteiger partial charge is 0.508 e. The molecular weight excluding hydrogens is 514 g/mol. The van der Waals surface area contributed by atoms with Crippen molar-refractivity contribution in [1.82, 2.24) is 4.90 Å². The molecule has 5 fully saturated rings. The van der Waals surface area contributed by atoms with Crippen LogP contribution in [0.2, 0.25) is 0 Å². The Morgan fingerprint density at radius 2 is 1.62 bits per heavy atom. The summed E-state index contributed by atoms with van der Waals surface area (Å²) < 4.78 is 16.8. The predicted molar refractivity (Wildman–Crippen MR) is 145 cm³/mol. The summed E-state index contributed by atoms with van der Waals surface area (Å²) in [5.74, 6) is -0.618. The molecule has 0 radical (unpaired) electrons. The zero-order chi connectivity index (χ0) is 29.0. The second-order valence-corrected chi connectivity index (χ2v) is 14.0. The van der Waals surface area contributed by atoms with E-state index in [1.807, 2.05) is 20.8 Å². The number of hydrogen-bond acceptors (Lipinski definition) is 8. The second-order valence-electron chi connectivity index (χ2n) is 14.0. The maximum atomic E-state index is 13.6. The fraction of sp³-hybridized carbons (Fsp3) is 0.806. The fourth-order valence-electron chi connectivity index (χ4n) is 8.73. The number of aliphatic hydroxyl groups is 1. The third-order valence-electron chi connectivity index (χ3n) is 10.0. The number of aliphatic hydroxyl groups excluding tert-OH is 1. The molecule has 1 N–H and O–H groups in total. The molecule has 40 heavy (non-hydrogen) atoms. The van der Waals surface area contributed by atoms with Crippen molar-refractivity contribution in [2.75, 3.05) is 13.2 Å². The van der Waals surface area contributed by atoms with E-state index >= 15 is 0 Å². The number of carbonyl (C=O) groups is 4. The van der Waals surface area contributed by atoms with Gasteiger partial charge in [0.15, 0.2) is 5.78 Å². The molecule has 222 valence electrons. The quantitative estimate of drug-likeness (QED) is 0.304. The van der Waals surface area contributed by atoms with Crippen molar-refractivity contribution in [3.8, 4) is 0 Å². The molecule has 0 aromatic rings. The van der Waals surface area contributed by atoms with Crippen LogP contribution in [0.4, 0.5) is 0 Å². The summed E-state index contributed by atoms with van der Waals surface area (Å²) in [7, 11) is 0. The van der Waals surface area contributed by atoms with Crippen molar-refractivity contribution >= 4 is 23.6 Å². The minimum Gasteiger partial charge on any atom is -0.508 e. The minimum absolute atomic E-state index is 0.0387. The summed E-state index contributed by atoms with van der Waals surface area (Å²) in [6, 6.07) is 0. The Morgan fingerprint density at radius 1 is 1.02 bits per heavy atom. The molecule has 4 bridgehead atoms. The number of rotatable bonds is 10. The third kappa shape index (κ3) is 4.76. The van der Waals surface area contributed by atoms with Crippen LogP contribution in [0.5, 0.6) is 0 Å². The van der Waals surface area contributed by atoms with Gasteiger partial charge in [-0.3, -0.25) is 19.3 Å². The van der Waals surface area contributed by atoms with Crippen LogP contribution < -0.4 is 0 Å². The van der Waals surface area contributed by atoms with E-state index in [1.54, 1.807) is 13.8 Å². The summed E-state index contributed by atoms with van der Waals surface area (Å²) in [6.07, 6.45) is 7.17. The van der Waals surface area contributed by atoms with Gasteiger partial charge in [0, 0.05) is 18.3 Å². The number of ketones is 1. The van der Waals surface area contributed by atoms with Gasteiger partial charge in [0.1, 0.15) is 17.6 Å². The number of hydrogen-bond donors (Lipinski definition) is 1. The van der Waals surface area contributed by atoms with Gasteiger partial charge in [0.05, 0.1) is 19.3 Å². The van der Waals surface area contributed by atoms with Gasteiger partial charge in [-0.15, -0.1) is 0 Å². The van der Waals surface area contributed by atoms with Gasteiger partial charge in [-0.1, -0.05) is 20.8 Å². The first-order valence-corrected chi connectivity index (χ1v) is 15.1. The van der Waals surface area contributed by atoms with Crippen LogP contribution in [-0.4, -0.2) is 64.7 Å². The highest BCUT2D eigenvalue weighted by atomic mass is 16.6. The number of esters is 2. The van der Waals surface area contributed by atoms with Crippen LogP contribution in [0.25, 0.3) is 0 Å². The first-order valence-electron chi connectivity index (χ1n) is 15.1. The molecule has 0 aromatic carbocycles. The maximum Gasteiger partial charge on any atom is 0.342 e. The fourth-order valence-corrected chi connectivity index (χ4v) is 8.73. The van der Waals surface area contributed by atoms with E-state index in [2.05, 4.69) is 0 Å². The zero-order valence-corrected chi connectivity index (χ0v) is 24.6. The molecule has 6 aliphatic rings. The lowest BCUT2D eigenvalue weighted by Crippen LogP contribution is -2.59. The van der Waals surface area contributed by atoms with Gasteiger partial charge in [-0.2, -0.15) is 0 Å². The monoisotopic (exact) mass is 559 g/mol. The molecule has 9 heteroatoms. The molecule has 0 spiro atoms. The summed E-state index contributed by atoms with van der Waals surface area (Å²) in [5.41, 5.74) is -2.60. The topological polar surface area (TPSA) is 119 Å². The summed E-state index contributed by atoms with van der Waals surface area (Å²) in [5, 5.41) is 11.3. The van der Waals surface area contributed by atoms with E-state index in [0.29, 0.717) is 12.0 Å². The van der Waals surface area contributed by atoms with Crippen molar-refractivity contribution in [2.24, 2.45) is 28.6 Å². The molecule has 9 nitrogen and oxygen atoms in total. The molecule has 4 aliphatic carbocycles. The smallest absolute Gasteiger partial charge is 0.342 e. The van der Waals surface area contributed by atoms with E-state index in [4.69, 9.17) is 14.2 Å². The maximum absolute atomic E-state index is 13.6. The van der Waals surface area contributed by atoms with Crippen LogP contribution >= 0.6 is 0 Å². The highest BCUT2D eigenvalue weighted by molar-refractivity contribution is 6.24. The van der Waals surface area contributed by atoms with Gasteiger partial charge in [0.2, 0.25) is 5.54 Å². The Balaban J connectivity index is 1.18. The normalized spacial score (nSPS) is 36.3. The Morgan fingerprint density at radius 3 is 2.17 bits per heavy atom. The molecule has 0 aromatic heterocycles. The number of amides is 1. The molecule has 4 saturated carbocycles. The van der Waals surface area contributed by atoms with Crippen molar-refractivity contribution in [3.63, 3.8) is 0 Å². The summed E-state index contributed by atoms with van der Waals surface area (Å²) in [4.78, 5) is 53.6. The Hall–Kier alpha value is -2.42. The van der Waals surface area contributed by atoms with Crippen molar-refractivity contribution in [2.45, 2.75) is 117 Å². The van der Waals surface area contributed by atoms with Gasteiger partial charge in [-0.05, 0) is 88.4 Å². The Kier molecular flexibility index (Phi) is 7.60. The third-order valence-corrected chi connectivity index (χ3v) is 10.0. The number of Topliss-reactive ketones (excluding diaryl/α,β-unsaturated/α-hetero) is 1. The van der Waals surface area contributed by atoms with Crippen LogP contribution in [0.3, 0.4) is 0 Å². The van der Waals surface area contributed by atoms with E-state index in [9.17, 15) is 24.3 Å². The minimum atomic E-state index is -1.91. The molecule has 2 heterocycles. The molecule has 3 atom stereocenters. The van der Waals surface area contributed by atoms with Crippen LogP contribution in [-0.2, 0) is 33.4 Å². The van der Waals surface area contributed by atoms with E-state index < -0.39 is 52.3 Å². The molecule has 1 amide bonds. The standard InChI is InChI=1S/C31H45NO8/c1-6-38-28(37)31-18(2)40-27(29(3,4)5)32(31)26(36)24(25(31)35)22(33)8-7-9-23(34)39-11-10-30-15-19-12-20(16-30)14-21(13-19)17-30/h18-21,27,35H,6-17H2,1-5H3/t18-,19?,20?,21?,27-,30?,31-/m1/s1. The van der Waals surface area contributed by atoms with Crippen LogP contribution in [0.1, 0.15) is 98.8 Å². The van der Waals surface area contributed by atoms with E-state index in [-0.39, 0.29) is 31.8 Å². The Bertz CT molecular complexity index is 1070. The molecular formula is C31H45NO8. The average molecular weight is 560 g/mol. The first-order chi connectivity index (χ1) is 18.8. The SMILES string of the molecule is CCOC(=O)[C@@]12C(O)=C(C(=O)CCCC(=O)OCCC34CC5CC(CC(C5)C3)C4)C(=O)N1[C@@H](C(C)(C)C)O[C@@H]2C. The molecule has 0 unspecified atom stereocenters. The summed E-state index contributed by atoms with van der Waals surface area (Å²) >= 11 is 0. The second kappa shape index (κ2) is 10.4. The average Bonchev–Trinajstić information content (AvgIpc) is 3.29. The van der Waals surface area contributed by atoms with Gasteiger partial charge >= 0.3 is 11.9 Å². The van der Waals surface area contributed by atoms with Gasteiger partial charge < -0.3 is 19.3 Å². The number of ether oxygens (including phenoxy) is 3. The predicted octanol–water partition coefficient (Wildman–Crippen LogP) is 4.62. The first kappa shape index (κ1) is 29.1. The van der Waals surface area contributed by atoms with Crippen molar-refractivity contribution < 1.29 is 38.5 Å². The zero-order valence-electron chi connectivity index (χ0n) is 24.6. The van der Waals surface area contributed by atoms with Gasteiger partial charge in [0.25, 0.3) is 5.91 Å². The molecule has 1 saturated heterocycles. The number of fused-ring (bicyclic) bond motifs is 1. The number of nitrogens with zero attached hydrogens (tertiary/aromatic N) is 1.